The van der Waals surface area contributed by atoms with Gasteiger partial charge in [0, 0.05) is 19.1 Å². The van der Waals surface area contributed by atoms with Gasteiger partial charge in [0.1, 0.15) is 0 Å². The van der Waals surface area contributed by atoms with Crippen LogP contribution in [0, 0.1) is 0 Å². The van der Waals surface area contributed by atoms with E-state index in [1.165, 1.54) is 0 Å². The quantitative estimate of drug-likeness (QED) is 0.817. The number of rotatable bonds is 5. The van der Waals surface area contributed by atoms with E-state index in [-0.39, 0.29) is 12.6 Å². The van der Waals surface area contributed by atoms with E-state index in [1.54, 1.807) is 16.2 Å². The smallest absolute Gasteiger partial charge is 0.317 e. The van der Waals surface area contributed by atoms with Crippen LogP contribution in [0.3, 0.4) is 0 Å². The Morgan fingerprint density at radius 2 is 2.44 bits per heavy atom. The van der Waals surface area contributed by atoms with Crippen LogP contribution in [-0.2, 0) is 6.54 Å². The zero-order chi connectivity index (χ0) is 11.4. The van der Waals surface area contributed by atoms with Gasteiger partial charge in [-0.05, 0) is 35.2 Å². The van der Waals surface area contributed by atoms with E-state index < -0.39 is 0 Å². The number of nitrogens with zero attached hydrogens (tertiary/aromatic N) is 1. The van der Waals surface area contributed by atoms with E-state index in [9.17, 15) is 4.79 Å². The van der Waals surface area contributed by atoms with E-state index in [2.05, 4.69) is 5.32 Å². The third-order valence-corrected chi connectivity index (χ3v) is 3.25. The number of aliphatic hydroxyl groups is 1. The fourth-order valence-electron chi connectivity index (χ4n) is 1.47. The van der Waals surface area contributed by atoms with E-state index in [1.807, 2.05) is 16.8 Å². The minimum absolute atomic E-state index is 0.00221. The highest BCUT2D eigenvalue weighted by molar-refractivity contribution is 7.07. The van der Waals surface area contributed by atoms with Crippen LogP contribution in [0.5, 0.6) is 0 Å². The second-order valence-corrected chi connectivity index (χ2v) is 4.78. The van der Waals surface area contributed by atoms with Gasteiger partial charge in [-0.1, -0.05) is 0 Å². The summed E-state index contributed by atoms with van der Waals surface area (Å²) in [6.07, 6.45) is 2.16. The number of amides is 2. The van der Waals surface area contributed by atoms with Crippen LogP contribution in [0.2, 0.25) is 0 Å². The molecule has 2 N–H and O–H groups in total. The molecule has 0 aromatic carbocycles. The number of hydrogen-bond acceptors (Lipinski definition) is 3. The zero-order valence-corrected chi connectivity index (χ0v) is 9.87. The Kier molecular flexibility index (Phi) is 3.79. The molecule has 2 amide bonds. The molecule has 0 atom stereocenters. The Labute approximate surface area is 98.9 Å². The van der Waals surface area contributed by atoms with Crippen LogP contribution in [-0.4, -0.2) is 35.2 Å². The minimum Gasteiger partial charge on any atom is -0.395 e. The van der Waals surface area contributed by atoms with Gasteiger partial charge in [0.25, 0.3) is 0 Å². The van der Waals surface area contributed by atoms with E-state index in [0.717, 1.165) is 18.4 Å². The maximum Gasteiger partial charge on any atom is 0.317 e. The van der Waals surface area contributed by atoms with Gasteiger partial charge in [0.05, 0.1) is 6.61 Å². The molecule has 1 aromatic rings. The molecule has 0 unspecified atom stereocenters. The lowest BCUT2D eigenvalue weighted by molar-refractivity contribution is 0.173. The Bertz CT molecular complexity index is 336. The first-order valence-corrected chi connectivity index (χ1v) is 6.41. The van der Waals surface area contributed by atoms with Crippen molar-refractivity contribution in [1.29, 1.82) is 0 Å². The topological polar surface area (TPSA) is 52.6 Å². The molecule has 0 radical (unpaired) electrons. The second-order valence-electron chi connectivity index (χ2n) is 4.00. The molecular weight excluding hydrogens is 224 g/mol. The third kappa shape index (κ3) is 3.21. The molecule has 88 valence electrons. The lowest BCUT2D eigenvalue weighted by Gasteiger charge is -2.21. The first kappa shape index (κ1) is 11.4. The Morgan fingerprint density at radius 1 is 1.62 bits per heavy atom. The average Bonchev–Trinajstić information content (AvgIpc) is 2.93. The molecule has 1 fully saturated rings. The van der Waals surface area contributed by atoms with Crippen molar-refractivity contribution < 1.29 is 9.90 Å². The molecule has 4 nitrogen and oxygen atoms in total. The Morgan fingerprint density at radius 3 is 3.00 bits per heavy atom. The summed E-state index contributed by atoms with van der Waals surface area (Å²) in [6, 6.07) is 2.29. The van der Waals surface area contributed by atoms with Gasteiger partial charge < -0.3 is 15.3 Å². The summed E-state index contributed by atoms with van der Waals surface area (Å²) in [5, 5.41) is 15.9. The molecular formula is C11H16N2O2S. The van der Waals surface area contributed by atoms with Crippen molar-refractivity contribution >= 4 is 17.4 Å². The lowest BCUT2D eigenvalue weighted by atomic mass is 10.3. The van der Waals surface area contributed by atoms with Gasteiger partial charge in [-0.3, -0.25) is 0 Å². The van der Waals surface area contributed by atoms with Gasteiger partial charge >= 0.3 is 6.03 Å². The molecule has 1 saturated carbocycles. The summed E-state index contributed by atoms with van der Waals surface area (Å²) in [5.74, 6) is 0. The standard InChI is InChI=1S/C11H16N2O2S/c14-5-4-13(7-9-3-6-16-8-9)11(15)12-10-1-2-10/h3,6,8,10,14H,1-2,4-5,7H2,(H,12,15). The molecule has 1 aromatic heterocycles. The molecule has 16 heavy (non-hydrogen) atoms. The Balaban J connectivity index is 1.89. The largest absolute Gasteiger partial charge is 0.395 e. The van der Waals surface area contributed by atoms with Crippen LogP contribution in [0.15, 0.2) is 16.8 Å². The van der Waals surface area contributed by atoms with Crippen LogP contribution in [0.1, 0.15) is 18.4 Å². The molecule has 0 saturated heterocycles. The van der Waals surface area contributed by atoms with Crippen molar-refractivity contribution in [2.24, 2.45) is 0 Å². The normalized spacial score (nSPS) is 14.8. The highest BCUT2D eigenvalue weighted by atomic mass is 32.1. The molecule has 1 heterocycles. The summed E-state index contributed by atoms with van der Waals surface area (Å²) in [6.45, 7) is 0.958. The predicted octanol–water partition coefficient (Wildman–Crippen LogP) is 1.41. The van der Waals surface area contributed by atoms with Crippen molar-refractivity contribution in [3.8, 4) is 0 Å². The highest BCUT2D eigenvalue weighted by Gasteiger charge is 2.25. The van der Waals surface area contributed by atoms with Crippen molar-refractivity contribution in [1.82, 2.24) is 10.2 Å². The van der Waals surface area contributed by atoms with Gasteiger partial charge in [0.15, 0.2) is 0 Å². The van der Waals surface area contributed by atoms with Gasteiger partial charge in [0.2, 0.25) is 0 Å². The third-order valence-electron chi connectivity index (χ3n) is 2.52. The van der Waals surface area contributed by atoms with E-state index in [4.69, 9.17) is 5.11 Å². The monoisotopic (exact) mass is 240 g/mol. The SMILES string of the molecule is O=C(NC1CC1)N(CCO)Cc1ccsc1. The predicted molar refractivity (Wildman–Crippen MR) is 63.4 cm³/mol. The fraction of sp³-hybridized carbons (Fsp3) is 0.545. The van der Waals surface area contributed by atoms with Crippen LogP contribution >= 0.6 is 11.3 Å². The molecule has 0 bridgehead atoms. The fourth-order valence-corrected chi connectivity index (χ4v) is 2.13. The molecule has 0 aliphatic heterocycles. The number of thiophene rings is 1. The first-order chi connectivity index (χ1) is 7.79. The van der Waals surface area contributed by atoms with Crippen molar-refractivity contribution in [2.75, 3.05) is 13.2 Å². The second kappa shape index (κ2) is 5.32. The zero-order valence-electron chi connectivity index (χ0n) is 9.06. The van der Waals surface area contributed by atoms with Gasteiger partial charge in [-0.25, -0.2) is 4.79 Å². The van der Waals surface area contributed by atoms with Gasteiger partial charge in [-0.15, -0.1) is 0 Å². The van der Waals surface area contributed by atoms with Crippen molar-refractivity contribution in [2.45, 2.75) is 25.4 Å². The number of hydrogen-bond donors (Lipinski definition) is 2. The minimum atomic E-state index is -0.0669. The number of aliphatic hydroxyl groups excluding tert-OH is 1. The summed E-state index contributed by atoms with van der Waals surface area (Å²) in [4.78, 5) is 13.5. The number of carbonyl (C=O) groups excluding carboxylic acids is 1. The lowest BCUT2D eigenvalue weighted by Crippen LogP contribution is -2.41. The van der Waals surface area contributed by atoms with Crippen molar-refractivity contribution in [3.63, 3.8) is 0 Å². The summed E-state index contributed by atoms with van der Waals surface area (Å²) >= 11 is 1.62. The van der Waals surface area contributed by atoms with Gasteiger partial charge in [-0.2, -0.15) is 11.3 Å². The van der Waals surface area contributed by atoms with Crippen molar-refractivity contribution in [3.05, 3.63) is 22.4 Å². The summed E-state index contributed by atoms with van der Waals surface area (Å²) in [5.41, 5.74) is 1.12. The number of carbonyl (C=O) groups is 1. The van der Waals surface area contributed by atoms with E-state index >= 15 is 0 Å². The van der Waals surface area contributed by atoms with E-state index in [0.29, 0.717) is 19.1 Å². The molecule has 0 spiro atoms. The molecule has 1 aliphatic carbocycles. The summed E-state index contributed by atoms with van der Waals surface area (Å²) < 4.78 is 0. The van der Waals surface area contributed by atoms with Crippen LogP contribution in [0.25, 0.3) is 0 Å². The van der Waals surface area contributed by atoms with Crippen LogP contribution < -0.4 is 5.32 Å². The maximum absolute atomic E-state index is 11.8. The first-order valence-electron chi connectivity index (χ1n) is 5.47. The number of nitrogens with one attached hydrogen (secondary N) is 1. The number of urea groups is 1. The highest BCUT2D eigenvalue weighted by Crippen LogP contribution is 2.19. The summed E-state index contributed by atoms with van der Waals surface area (Å²) in [7, 11) is 0. The molecule has 2 rings (SSSR count). The molecule has 1 aliphatic rings. The van der Waals surface area contributed by atoms with Crippen LogP contribution in [0.4, 0.5) is 4.79 Å². The average molecular weight is 240 g/mol. The Hall–Kier alpha value is -1.07. The molecule has 5 heteroatoms. The maximum atomic E-state index is 11.8.